The van der Waals surface area contributed by atoms with Gasteiger partial charge < -0.3 is 42.8 Å². The van der Waals surface area contributed by atoms with Crippen molar-refractivity contribution in [2.24, 2.45) is 39.3 Å². The van der Waals surface area contributed by atoms with Crippen molar-refractivity contribution in [1.29, 1.82) is 0 Å². The molecule has 0 saturated carbocycles. The van der Waals surface area contributed by atoms with Crippen LogP contribution in [0.15, 0.2) is 40.6 Å². The fourth-order valence-corrected chi connectivity index (χ4v) is 9.82. The Kier molecular flexibility index (Phi) is 14.3. The number of esters is 3. The number of hydrogen-bond acceptors (Lipinski definition) is 15. The van der Waals surface area contributed by atoms with Crippen molar-refractivity contribution in [1.82, 2.24) is 4.90 Å². The summed E-state index contributed by atoms with van der Waals surface area (Å²) in [5.74, 6) is -6.42. The van der Waals surface area contributed by atoms with E-state index in [4.69, 9.17) is 37.9 Å². The number of methoxy groups -OCH3 is 2. The Labute approximate surface area is 343 Å². The van der Waals surface area contributed by atoms with Gasteiger partial charge in [0.1, 0.15) is 12.0 Å². The molecule has 4 aliphatic heterocycles. The maximum atomic E-state index is 14.7. The average molecular weight is 816 g/mol. The van der Waals surface area contributed by atoms with Crippen molar-refractivity contribution >= 4 is 23.7 Å². The lowest BCUT2D eigenvalue weighted by Gasteiger charge is -2.55. The van der Waals surface area contributed by atoms with Gasteiger partial charge in [-0.25, -0.2) is 9.59 Å². The summed E-state index contributed by atoms with van der Waals surface area (Å²) in [6.07, 6.45) is -4.40. The maximum Gasteiger partial charge on any atom is 0.338 e. The minimum Gasteiger partial charge on any atom is -0.467 e. The van der Waals surface area contributed by atoms with Crippen LogP contribution in [0.1, 0.15) is 91.9 Å². The Morgan fingerprint density at radius 2 is 1.66 bits per heavy atom. The van der Waals surface area contributed by atoms with Gasteiger partial charge in [-0.3, -0.25) is 9.59 Å². The van der Waals surface area contributed by atoms with Gasteiger partial charge in [0, 0.05) is 18.9 Å². The van der Waals surface area contributed by atoms with Crippen LogP contribution < -0.4 is 0 Å². The van der Waals surface area contributed by atoms with Crippen LogP contribution in [0.2, 0.25) is 0 Å². The molecule has 58 heavy (non-hydrogen) atoms. The summed E-state index contributed by atoms with van der Waals surface area (Å²) < 4.78 is 51.1. The molecule has 4 aliphatic rings. The molecule has 1 aromatic carbocycles. The average Bonchev–Trinajstić information content (AvgIpc) is 3.64. The molecule has 15 nitrogen and oxygen atoms in total. The molecule has 1 aromatic rings. The number of nitrogens with zero attached hydrogens (tertiary/aromatic N) is 3. The van der Waals surface area contributed by atoms with Gasteiger partial charge >= 0.3 is 17.9 Å². The number of azo groups is 1. The molecular formula is C43H65N3O12. The van der Waals surface area contributed by atoms with Gasteiger partial charge in [0.15, 0.2) is 30.0 Å². The quantitative estimate of drug-likeness (QED) is 0.185. The number of carbonyl (C=O) groups excluding carboxylic acids is 4. The van der Waals surface area contributed by atoms with Crippen molar-refractivity contribution in [3.8, 4) is 0 Å². The Bertz CT molecular complexity index is 1660. The molecule has 3 fully saturated rings. The number of Topliss-reactive ketones (excluding diaryl/α,β-unsaturated/α-hetero) is 1. The van der Waals surface area contributed by atoms with E-state index in [0.29, 0.717) is 18.4 Å². The fraction of sp³-hybridized carbons (Fsp3) is 0.767. The third-order valence-corrected chi connectivity index (χ3v) is 12.9. The molecule has 15 heteroatoms. The van der Waals surface area contributed by atoms with Crippen LogP contribution in [0.3, 0.4) is 0 Å². The molecule has 324 valence electrons. The fourth-order valence-electron chi connectivity index (χ4n) is 9.82. The van der Waals surface area contributed by atoms with E-state index in [1.54, 1.807) is 38.3 Å². The first kappa shape index (κ1) is 45.7. The van der Waals surface area contributed by atoms with E-state index in [9.17, 15) is 19.2 Å². The smallest absolute Gasteiger partial charge is 0.338 e. The molecule has 1 spiro atoms. The van der Waals surface area contributed by atoms with Crippen LogP contribution in [0.5, 0.6) is 0 Å². The lowest BCUT2D eigenvalue weighted by Crippen LogP contribution is -2.66. The molecule has 0 aliphatic carbocycles. The largest absolute Gasteiger partial charge is 0.467 e. The highest BCUT2D eigenvalue weighted by Gasteiger charge is 2.65. The Morgan fingerprint density at radius 3 is 2.26 bits per heavy atom. The molecule has 4 heterocycles. The lowest BCUT2D eigenvalue weighted by atomic mass is 9.64. The number of likely N-dealkylation sites (N-methyl/N-ethyl adjacent to an activating group) is 1. The van der Waals surface area contributed by atoms with Crippen LogP contribution in [-0.4, -0.2) is 130 Å². The molecular weight excluding hydrogens is 750 g/mol. The topological polar surface area (TPSA) is 170 Å². The highest BCUT2D eigenvalue weighted by atomic mass is 16.7. The molecule has 0 radical (unpaired) electrons. The molecule has 0 amide bonds. The number of cyclic esters (lactones) is 1. The molecule has 0 aromatic heterocycles. The zero-order valence-electron chi connectivity index (χ0n) is 36.5. The van der Waals surface area contributed by atoms with E-state index in [1.807, 2.05) is 73.5 Å². The van der Waals surface area contributed by atoms with E-state index >= 15 is 0 Å². The van der Waals surface area contributed by atoms with Crippen LogP contribution in [-0.2, 0) is 52.3 Å². The SMILES string of the molecule is CC[C@H]1OC(=O)[C@H](C)C(=O)[C@H](C)[C@@H](O[C@@H]2O[C@H](C)C[C@H](N(C)C)[C@H]2OC(=O)c2ccccc2)[C@](C)(OC)C[C@@H](C)[C@@H]2OC(C)(C)O[C@H]([C@H]2C)C12CN=NC2C(=O)OC. The number of fused-ring (bicyclic) bond motifs is 3. The van der Waals surface area contributed by atoms with E-state index in [-0.39, 0.29) is 31.0 Å². The standard InChI is InChI=1S/C43H65N3O12/c1-14-30-43(22-44-45-34(43)39(50)51-12)36-27(6)32(57-41(7,8)58-36)23(2)21-42(9,52-13)35(25(4)31(47)26(5)37(48)54-30)56-40-33(29(46(10)11)20-24(3)53-40)55-38(49)28-18-16-15-17-19-28/h15-19,23-27,29-30,32-36,40H,14,20-22H2,1-13H3/t23-,24-,25+,26-,27+,29+,30-,32+,33-,34?,35-,36-,40+,42-,43?/m1/s1. The Morgan fingerprint density at radius 1 is 0.983 bits per heavy atom. The number of ether oxygens (including phenoxy) is 8. The molecule has 3 saturated heterocycles. The van der Waals surface area contributed by atoms with Crippen LogP contribution in [0.25, 0.3) is 0 Å². The Hall–Kier alpha value is -3.34. The molecule has 2 unspecified atom stereocenters. The van der Waals surface area contributed by atoms with Crippen LogP contribution in [0, 0.1) is 29.1 Å². The number of hydrogen-bond donors (Lipinski definition) is 0. The van der Waals surface area contributed by atoms with Gasteiger partial charge in [0.05, 0.1) is 60.7 Å². The van der Waals surface area contributed by atoms with Gasteiger partial charge in [-0.05, 0) is 86.0 Å². The van der Waals surface area contributed by atoms with Crippen molar-refractivity contribution < 1.29 is 57.1 Å². The maximum absolute atomic E-state index is 14.7. The second kappa shape index (κ2) is 18.1. The highest BCUT2D eigenvalue weighted by Crippen LogP contribution is 2.52. The Balaban J connectivity index is 1.61. The zero-order chi connectivity index (χ0) is 42.9. The first-order chi connectivity index (χ1) is 27.2. The predicted molar refractivity (Wildman–Crippen MR) is 211 cm³/mol. The lowest BCUT2D eigenvalue weighted by molar-refractivity contribution is -0.353. The summed E-state index contributed by atoms with van der Waals surface area (Å²) in [5, 5.41) is 8.71. The van der Waals surface area contributed by atoms with Gasteiger partial charge in [0.25, 0.3) is 0 Å². The summed E-state index contributed by atoms with van der Waals surface area (Å²) in [4.78, 5) is 58.0. The number of ketones is 1. The summed E-state index contributed by atoms with van der Waals surface area (Å²) >= 11 is 0. The minimum atomic E-state index is -1.27. The predicted octanol–water partition coefficient (Wildman–Crippen LogP) is 5.42. The first-order valence-electron chi connectivity index (χ1n) is 20.6. The van der Waals surface area contributed by atoms with E-state index in [0.717, 1.165) is 0 Å². The summed E-state index contributed by atoms with van der Waals surface area (Å²) in [5.41, 5.74) is -2.10. The summed E-state index contributed by atoms with van der Waals surface area (Å²) in [6, 6.07) is 7.26. The number of benzene rings is 1. The van der Waals surface area contributed by atoms with Crippen molar-refractivity contribution in [3.05, 3.63) is 35.9 Å². The summed E-state index contributed by atoms with van der Waals surface area (Å²) in [6.45, 7) is 16.6. The van der Waals surface area contributed by atoms with Crippen molar-refractivity contribution in [2.75, 3.05) is 34.9 Å². The van der Waals surface area contributed by atoms with Crippen molar-refractivity contribution in [2.45, 2.75) is 148 Å². The molecule has 0 N–H and O–H groups in total. The highest BCUT2D eigenvalue weighted by molar-refractivity contribution is 6.00. The van der Waals surface area contributed by atoms with E-state index in [1.165, 1.54) is 14.0 Å². The molecule has 15 atom stereocenters. The van der Waals surface area contributed by atoms with Crippen molar-refractivity contribution in [3.63, 3.8) is 0 Å². The first-order valence-corrected chi connectivity index (χ1v) is 20.6. The second-order valence-electron chi connectivity index (χ2n) is 17.7. The van der Waals surface area contributed by atoms with Crippen LogP contribution >= 0.6 is 0 Å². The van der Waals surface area contributed by atoms with Gasteiger partial charge in [-0.1, -0.05) is 45.9 Å². The molecule has 5 rings (SSSR count). The minimum absolute atomic E-state index is 0.0267. The normalized spacial score (nSPS) is 40.8. The number of rotatable bonds is 8. The summed E-state index contributed by atoms with van der Waals surface area (Å²) in [7, 11) is 6.66. The second-order valence-corrected chi connectivity index (χ2v) is 17.7. The monoisotopic (exact) mass is 815 g/mol. The zero-order valence-corrected chi connectivity index (χ0v) is 36.5. The van der Waals surface area contributed by atoms with Gasteiger partial charge in [-0.15, -0.1) is 0 Å². The molecule has 2 bridgehead atoms. The van der Waals surface area contributed by atoms with E-state index < -0.39 is 101 Å². The third kappa shape index (κ3) is 8.90. The number of carbonyl (C=O) groups is 4. The van der Waals surface area contributed by atoms with E-state index in [2.05, 4.69) is 10.2 Å². The van der Waals surface area contributed by atoms with Crippen LogP contribution in [0.4, 0.5) is 0 Å². The van der Waals surface area contributed by atoms with Gasteiger partial charge in [-0.2, -0.15) is 10.2 Å². The van der Waals surface area contributed by atoms with Gasteiger partial charge in [0.2, 0.25) is 0 Å². The third-order valence-electron chi connectivity index (χ3n) is 12.9.